The molecule has 0 bridgehead atoms. The first-order chi connectivity index (χ1) is 6.10. The summed E-state index contributed by atoms with van der Waals surface area (Å²) in [6, 6.07) is 0. The first-order valence-electron chi connectivity index (χ1n) is 3.81. The van der Waals surface area contributed by atoms with Crippen LogP contribution in [0, 0.1) is 0 Å². The van der Waals surface area contributed by atoms with Crippen LogP contribution in [0.5, 0.6) is 0 Å². The van der Waals surface area contributed by atoms with E-state index >= 15 is 0 Å². The second kappa shape index (κ2) is 22.6. The van der Waals surface area contributed by atoms with Crippen molar-refractivity contribution in [3.63, 3.8) is 0 Å². The highest BCUT2D eigenvalue weighted by Gasteiger charge is 1.91. The molecule has 13 heavy (non-hydrogen) atoms. The Morgan fingerprint density at radius 1 is 1.23 bits per heavy atom. The van der Waals surface area contributed by atoms with Crippen LogP contribution in [-0.4, -0.2) is 6.43 Å². The third kappa shape index (κ3) is 83.4. The Hall–Kier alpha value is -0.440. The van der Waals surface area contributed by atoms with E-state index in [9.17, 15) is 13.2 Å². The van der Waals surface area contributed by atoms with Crippen molar-refractivity contribution in [1.29, 1.82) is 0 Å². The second-order valence-electron chi connectivity index (χ2n) is 1.72. The van der Waals surface area contributed by atoms with Gasteiger partial charge in [0, 0.05) is 6.42 Å². The Morgan fingerprint density at radius 2 is 1.46 bits per heavy atom. The Labute approximate surface area is 83.1 Å². The van der Waals surface area contributed by atoms with Crippen LogP contribution >= 0.6 is 11.6 Å². The van der Waals surface area contributed by atoms with Crippen LogP contribution in [0.3, 0.4) is 0 Å². The number of halogens is 4. The predicted molar refractivity (Wildman–Crippen MR) is 52.9 cm³/mol. The molecule has 4 heteroatoms. The van der Waals surface area contributed by atoms with E-state index < -0.39 is 6.43 Å². The molecule has 0 spiro atoms. The molecule has 0 atom stereocenters. The molecular weight excluding hydrogens is 201 g/mol. The second-order valence-corrected chi connectivity index (χ2v) is 1.97. The molecule has 0 fully saturated rings. The number of hydrogen-bond donors (Lipinski definition) is 0. The van der Waals surface area contributed by atoms with Crippen molar-refractivity contribution in [2.24, 2.45) is 0 Å². The van der Waals surface area contributed by atoms with Gasteiger partial charge in [-0.1, -0.05) is 30.7 Å². The van der Waals surface area contributed by atoms with Crippen molar-refractivity contribution in [3.8, 4) is 0 Å². The topological polar surface area (TPSA) is 0 Å². The number of alkyl halides is 2. The number of rotatable bonds is 1. The summed E-state index contributed by atoms with van der Waals surface area (Å²) in [6.45, 7) is 4.94. The molecule has 0 unspecified atom stereocenters. The SMILES string of the molecule is CC=CCl.CC=CF.CCC(F)F. The van der Waals surface area contributed by atoms with E-state index in [2.05, 4.69) is 0 Å². The summed E-state index contributed by atoms with van der Waals surface area (Å²) >= 11 is 5.01. The number of allylic oxidation sites excluding steroid dienone is 2. The molecule has 0 aromatic carbocycles. The lowest BCUT2D eigenvalue weighted by atomic mass is 10.5. The minimum absolute atomic E-state index is 0.0278. The van der Waals surface area contributed by atoms with Gasteiger partial charge in [-0.15, -0.1) is 0 Å². The van der Waals surface area contributed by atoms with Gasteiger partial charge in [0.1, 0.15) is 0 Å². The molecular formula is C9H16ClF3. The van der Waals surface area contributed by atoms with Crippen LogP contribution in [0.4, 0.5) is 13.2 Å². The molecule has 0 N–H and O–H groups in total. The summed E-state index contributed by atoms with van der Waals surface area (Å²) in [6.07, 6.45) is 1.46. The van der Waals surface area contributed by atoms with Crippen molar-refractivity contribution in [2.75, 3.05) is 0 Å². The lowest BCUT2D eigenvalue weighted by molar-refractivity contribution is 0.144. The molecule has 0 nitrogen and oxygen atoms in total. The molecule has 0 amide bonds. The highest BCUT2D eigenvalue weighted by atomic mass is 35.5. The van der Waals surface area contributed by atoms with Crippen LogP contribution in [0.25, 0.3) is 0 Å². The molecule has 0 aliphatic carbocycles. The van der Waals surface area contributed by atoms with Gasteiger partial charge in [-0.05, 0) is 19.4 Å². The summed E-state index contributed by atoms with van der Waals surface area (Å²) in [7, 11) is 0. The summed E-state index contributed by atoms with van der Waals surface area (Å²) in [5, 5.41) is 0. The zero-order valence-electron chi connectivity index (χ0n) is 8.11. The summed E-state index contributed by atoms with van der Waals surface area (Å²) in [5.41, 5.74) is 1.47. The highest BCUT2D eigenvalue weighted by Crippen LogP contribution is 1.93. The fourth-order valence-corrected chi connectivity index (χ4v) is 0. The van der Waals surface area contributed by atoms with Gasteiger partial charge in [0.05, 0.1) is 6.33 Å². The van der Waals surface area contributed by atoms with Gasteiger partial charge in [-0.2, -0.15) is 0 Å². The van der Waals surface area contributed by atoms with Gasteiger partial charge in [-0.25, -0.2) is 13.2 Å². The van der Waals surface area contributed by atoms with E-state index in [1.807, 2.05) is 6.92 Å². The zero-order chi connectivity index (χ0) is 11.1. The lowest BCUT2D eigenvalue weighted by Crippen LogP contribution is -1.80. The van der Waals surface area contributed by atoms with E-state index in [0.29, 0.717) is 6.33 Å². The fourth-order valence-electron chi connectivity index (χ4n) is 0. The molecule has 0 heterocycles. The fraction of sp³-hybridized carbons (Fsp3) is 0.556. The minimum atomic E-state index is -2.12. The maximum absolute atomic E-state index is 10.8. The van der Waals surface area contributed by atoms with Crippen molar-refractivity contribution in [1.82, 2.24) is 0 Å². The summed E-state index contributed by atoms with van der Waals surface area (Å²) in [5.74, 6) is 0. The predicted octanol–water partition coefficient (Wildman–Crippen LogP) is 4.91. The third-order valence-corrected chi connectivity index (χ3v) is 0.813. The number of hydrogen-bond acceptors (Lipinski definition) is 0. The van der Waals surface area contributed by atoms with Gasteiger partial charge in [0.2, 0.25) is 6.43 Å². The Balaban J connectivity index is -0.000000117. The van der Waals surface area contributed by atoms with E-state index in [-0.39, 0.29) is 6.42 Å². The molecule has 0 aliphatic rings. The van der Waals surface area contributed by atoms with Gasteiger partial charge in [0.25, 0.3) is 0 Å². The van der Waals surface area contributed by atoms with Crippen LogP contribution in [0.2, 0.25) is 0 Å². The van der Waals surface area contributed by atoms with Crippen molar-refractivity contribution >= 4 is 11.6 Å². The molecule has 0 saturated heterocycles. The lowest BCUT2D eigenvalue weighted by Gasteiger charge is -1.81. The van der Waals surface area contributed by atoms with Crippen molar-refractivity contribution in [3.05, 3.63) is 24.0 Å². The van der Waals surface area contributed by atoms with Crippen molar-refractivity contribution < 1.29 is 13.2 Å². The third-order valence-electron chi connectivity index (χ3n) is 0.561. The van der Waals surface area contributed by atoms with Crippen LogP contribution < -0.4 is 0 Å². The largest absolute Gasteiger partial charge is 0.238 e. The van der Waals surface area contributed by atoms with Gasteiger partial charge < -0.3 is 0 Å². The average Bonchev–Trinajstić information content (AvgIpc) is 2.18. The van der Waals surface area contributed by atoms with Crippen LogP contribution in [0.1, 0.15) is 27.2 Å². The van der Waals surface area contributed by atoms with E-state index in [0.717, 1.165) is 0 Å². The average molecular weight is 217 g/mol. The molecule has 0 saturated carbocycles. The van der Waals surface area contributed by atoms with Gasteiger partial charge >= 0.3 is 0 Å². The van der Waals surface area contributed by atoms with Gasteiger partial charge in [0.15, 0.2) is 0 Å². The maximum atomic E-state index is 10.8. The van der Waals surface area contributed by atoms with E-state index in [1.165, 1.54) is 18.5 Å². The molecule has 0 aromatic heterocycles. The quantitative estimate of drug-likeness (QED) is 0.584. The van der Waals surface area contributed by atoms with Crippen LogP contribution in [-0.2, 0) is 0 Å². The molecule has 0 aromatic rings. The van der Waals surface area contributed by atoms with E-state index in [1.54, 1.807) is 13.0 Å². The monoisotopic (exact) mass is 216 g/mol. The van der Waals surface area contributed by atoms with Crippen molar-refractivity contribution in [2.45, 2.75) is 33.6 Å². The summed E-state index contributed by atoms with van der Waals surface area (Å²) in [4.78, 5) is 0. The van der Waals surface area contributed by atoms with Gasteiger partial charge in [-0.3, -0.25) is 0 Å². The maximum Gasteiger partial charge on any atom is 0.238 e. The first kappa shape index (κ1) is 18.4. The molecule has 80 valence electrons. The minimum Gasteiger partial charge on any atom is -0.216 e. The molecule has 0 rings (SSSR count). The Bertz CT molecular complexity index is 93.4. The highest BCUT2D eigenvalue weighted by molar-refractivity contribution is 6.25. The molecule has 0 aliphatic heterocycles. The summed E-state index contributed by atoms with van der Waals surface area (Å²) < 4.78 is 32.1. The Morgan fingerprint density at radius 3 is 1.46 bits per heavy atom. The smallest absolute Gasteiger partial charge is 0.216 e. The standard InChI is InChI=1S/C3H5Cl.C3H6F2.C3H5F/c1-2-3-4;1-2-3(4)5;1-2-3-4/h2-3H,1H3;3H,2H2,1H3;2-3H,1H3. The first-order valence-corrected chi connectivity index (χ1v) is 4.25. The normalized spacial score (nSPS) is 9.54. The molecule has 0 radical (unpaired) electrons. The Kier molecular flexibility index (Phi) is 31.9. The van der Waals surface area contributed by atoms with E-state index in [4.69, 9.17) is 11.6 Å². The zero-order valence-corrected chi connectivity index (χ0v) is 8.86. The van der Waals surface area contributed by atoms with Crippen LogP contribution in [0.15, 0.2) is 24.0 Å².